The lowest BCUT2D eigenvalue weighted by atomic mass is 9.97. The standard InChI is InChI=1S/C18H20BrN3O4S2/c19-14-8-9-15(27-14)28(25,26)22-10-4-7-13(11-22)18(24)21-16(17(20)23)12-5-2-1-3-6-12/h1-3,5-6,8-9,13,16H,4,7,10-11H2,(H2,20,23)(H,21,24)/t13-,16+/m1/s1. The summed E-state index contributed by atoms with van der Waals surface area (Å²) in [5, 5.41) is 2.68. The molecule has 2 aromatic rings. The van der Waals surface area contributed by atoms with Crippen LogP contribution < -0.4 is 11.1 Å². The number of halogens is 1. The third-order valence-electron chi connectivity index (χ3n) is 4.60. The van der Waals surface area contributed by atoms with Crippen LogP contribution in [0.4, 0.5) is 0 Å². The molecule has 10 heteroatoms. The van der Waals surface area contributed by atoms with E-state index in [4.69, 9.17) is 5.73 Å². The zero-order valence-corrected chi connectivity index (χ0v) is 18.1. The molecule has 2 amide bonds. The zero-order valence-electron chi connectivity index (χ0n) is 14.9. The highest BCUT2D eigenvalue weighted by atomic mass is 79.9. The van der Waals surface area contributed by atoms with Gasteiger partial charge in [0.15, 0.2) is 0 Å². The molecule has 1 fully saturated rings. The van der Waals surface area contributed by atoms with Crippen LogP contribution in [0.3, 0.4) is 0 Å². The predicted octanol–water partition coefficient (Wildman–Crippen LogP) is 2.25. The van der Waals surface area contributed by atoms with Crippen LogP contribution in [-0.4, -0.2) is 37.6 Å². The number of hydrogen-bond donors (Lipinski definition) is 2. The normalized spacial score (nSPS) is 19.1. The minimum atomic E-state index is -3.65. The number of rotatable bonds is 6. The monoisotopic (exact) mass is 485 g/mol. The van der Waals surface area contributed by atoms with Crippen molar-refractivity contribution in [2.45, 2.75) is 23.1 Å². The number of piperidine rings is 1. The Bertz CT molecular complexity index is 962. The van der Waals surface area contributed by atoms with E-state index in [1.807, 2.05) is 0 Å². The molecule has 1 aliphatic rings. The van der Waals surface area contributed by atoms with Crippen LogP contribution in [0.15, 0.2) is 50.5 Å². The number of carbonyl (C=O) groups is 2. The number of thiophene rings is 1. The van der Waals surface area contributed by atoms with Gasteiger partial charge in [0.2, 0.25) is 11.8 Å². The molecule has 0 unspecified atom stereocenters. The van der Waals surface area contributed by atoms with Gasteiger partial charge in [-0.1, -0.05) is 30.3 Å². The van der Waals surface area contributed by atoms with Gasteiger partial charge < -0.3 is 11.1 Å². The molecule has 7 nitrogen and oxygen atoms in total. The van der Waals surface area contributed by atoms with Crippen molar-refractivity contribution in [2.24, 2.45) is 11.7 Å². The topological polar surface area (TPSA) is 110 Å². The lowest BCUT2D eigenvalue weighted by Crippen LogP contribution is -2.47. The molecular formula is C18H20BrN3O4S2. The number of nitrogens with two attached hydrogens (primary N) is 1. The van der Waals surface area contributed by atoms with Crippen LogP contribution in [-0.2, 0) is 19.6 Å². The van der Waals surface area contributed by atoms with E-state index >= 15 is 0 Å². The number of primary amides is 1. The van der Waals surface area contributed by atoms with Crippen LogP contribution in [0, 0.1) is 5.92 Å². The molecule has 2 heterocycles. The largest absolute Gasteiger partial charge is 0.368 e. The highest BCUT2D eigenvalue weighted by molar-refractivity contribution is 9.11. The van der Waals surface area contributed by atoms with E-state index in [0.717, 1.165) is 15.1 Å². The smallest absolute Gasteiger partial charge is 0.252 e. The number of sulfonamides is 1. The predicted molar refractivity (Wildman–Crippen MR) is 110 cm³/mol. The molecule has 0 bridgehead atoms. The van der Waals surface area contributed by atoms with Crippen molar-refractivity contribution in [1.29, 1.82) is 0 Å². The third kappa shape index (κ3) is 4.62. The van der Waals surface area contributed by atoms with Crippen LogP contribution in [0.2, 0.25) is 0 Å². The van der Waals surface area contributed by atoms with Crippen molar-refractivity contribution < 1.29 is 18.0 Å². The maximum Gasteiger partial charge on any atom is 0.252 e. The van der Waals surface area contributed by atoms with Crippen LogP contribution in [0.1, 0.15) is 24.4 Å². The number of benzene rings is 1. The molecular weight excluding hydrogens is 466 g/mol. The van der Waals surface area contributed by atoms with Crippen LogP contribution >= 0.6 is 27.3 Å². The first-order chi connectivity index (χ1) is 13.3. The first-order valence-corrected chi connectivity index (χ1v) is 11.7. The summed E-state index contributed by atoms with van der Waals surface area (Å²) in [5.74, 6) is -1.58. The second kappa shape index (κ2) is 8.73. The average molecular weight is 486 g/mol. The summed E-state index contributed by atoms with van der Waals surface area (Å²) < 4.78 is 28.0. The fraction of sp³-hybridized carbons (Fsp3) is 0.333. The Hall–Kier alpha value is -1.75. The van der Waals surface area contributed by atoms with E-state index in [1.54, 1.807) is 42.5 Å². The number of hydrogen-bond acceptors (Lipinski definition) is 5. The molecule has 1 aromatic carbocycles. The number of amides is 2. The lowest BCUT2D eigenvalue weighted by molar-refractivity contribution is -0.130. The summed E-state index contributed by atoms with van der Waals surface area (Å²) in [6, 6.07) is 11.0. The average Bonchev–Trinajstić information content (AvgIpc) is 3.13. The summed E-state index contributed by atoms with van der Waals surface area (Å²) in [4.78, 5) is 24.6. The molecule has 150 valence electrons. The SMILES string of the molecule is NC(=O)[C@@H](NC(=O)[C@@H]1CCCN(S(=O)(=O)c2ccc(Br)s2)C1)c1ccccc1. The molecule has 2 atom stereocenters. The van der Waals surface area contributed by atoms with Gasteiger partial charge in [-0.3, -0.25) is 9.59 Å². The van der Waals surface area contributed by atoms with Gasteiger partial charge in [-0.2, -0.15) is 4.31 Å². The van der Waals surface area contributed by atoms with Crippen molar-refractivity contribution in [3.8, 4) is 0 Å². The van der Waals surface area contributed by atoms with Gasteiger partial charge in [0.1, 0.15) is 10.3 Å². The van der Waals surface area contributed by atoms with Gasteiger partial charge in [-0.15, -0.1) is 11.3 Å². The molecule has 3 N–H and O–H groups in total. The molecule has 1 saturated heterocycles. The number of nitrogens with zero attached hydrogens (tertiary/aromatic N) is 1. The van der Waals surface area contributed by atoms with E-state index in [9.17, 15) is 18.0 Å². The van der Waals surface area contributed by atoms with E-state index in [2.05, 4.69) is 21.2 Å². The fourth-order valence-corrected chi connectivity index (χ4v) is 6.85. The van der Waals surface area contributed by atoms with Gasteiger partial charge in [0.05, 0.1) is 9.70 Å². The molecule has 1 aliphatic heterocycles. The second-order valence-electron chi connectivity index (χ2n) is 6.52. The molecule has 3 rings (SSSR count). The zero-order chi connectivity index (χ0) is 20.3. The van der Waals surface area contributed by atoms with Gasteiger partial charge in [-0.25, -0.2) is 8.42 Å². The van der Waals surface area contributed by atoms with Gasteiger partial charge in [0, 0.05) is 13.1 Å². The summed E-state index contributed by atoms with van der Waals surface area (Å²) in [6.45, 7) is 0.434. The third-order valence-corrected chi connectivity index (χ3v) is 8.56. The summed E-state index contributed by atoms with van der Waals surface area (Å²) in [7, 11) is -3.65. The summed E-state index contributed by atoms with van der Waals surface area (Å²) in [5.41, 5.74) is 6.05. The van der Waals surface area contributed by atoms with Crippen LogP contribution in [0.25, 0.3) is 0 Å². The Labute approximate surface area is 176 Å². The van der Waals surface area contributed by atoms with Crippen molar-refractivity contribution in [3.63, 3.8) is 0 Å². The Morgan fingerprint density at radius 1 is 1.21 bits per heavy atom. The van der Waals surface area contributed by atoms with E-state index in [0.29, 0.717) is 24.9 Å². The van der Waals surface area contributed by atoms with E-state index < -0.39 is 27.9 Å². The minimum absolute atomic E-state index is 0.0734. The first kappa shape index (κ1) is 21.0. The first-order valence-electron chi connectivity index (χ1n) is 8.69. The fourth-order valence-electron chi connectivity index (χ4n) is 3.16. The molecule has 0 aliphatic carbocycles. The minimum Gasteiger partial charge on any atom is -0.368 e. The van der Waals surface area contributed by atoms with Gasteiger partial charge in [-0.05, 0) is 46.5 Å². The highest BCUT2D eigenvalue weighted by Gasteiger charge is 2.35. The summed E-state index contributed by atoms with van der Waals surface area (Å²) >= 11 is 4.41. The lowest BCUT2D eigenvalue weighted by Gasteiger charge is -2.31. The van der Waals surface area contributed by atoms with Gasteiger partial charge >= 0.3 is 0 Å². The Morgan fingerprint density at radius 3 is 2.54 bits per heavy atom. The number of carbonyl (C=O) groups excluding carboxylic acids is 2. The Kier molecular flexibility index (Phi) is 6.54. The molecule has 0 saturated carbocycles. The van der Waals surface area contributed by atoms with Crippen LogP contribution in [0.5, 0.6) is 0 Å². The van der Waals surface area contributed by atoms with E-state index in [-0.39, 0.29) is 16.7 Å². The Morgan fingerprint density at radius 2 is 1.93 bits per heavy atom. The number of nitrogens with one attached hydrogen (secondary N) is 1. The molecule has 0 spiro atoms. The highest BCUT2D eigenvalue weighted by Crippen LogP contribution is 2.31. The Balaban J connectivity index is 1.73. The molecule has 1 aromatic heterocycles. The maximum absolute atomic E-state index is 12.8. The maximum atomic E-state index is 12.8. The van der Waals surface area contributed by atoms with Crippen molar-refractivity contribution >= 4 is 49.1 Å². The molecule has 28 heavy (non-hydrogen) atoms. The van der Waals surface area contributed by atoms with Crippen molar-refractivity contribution in [2.75, 3.05) is 13.1 Å². The van der Waals surface area contributed by atoms with Gasteiger partial charge in [0.25, 0.3) is 10.0 Å². The quantitative estimate of drug-likeness (QED) is 0.653. The van der Waals surface area contributed by atoms with Crippen molar-refractivity contribution in [3.05, 3.63) is 51.8 Å². The summed E-state index contributed by atoms with van der Waals surface area (Å²) in [6.07, 6.45) is 1.11. The van der Waals surface area contributed by atoms with Crippen molar-refractivity contribution in [1.82, 2.24) is 9.62 Å². The second-order valence-corrected chi connectivity index (χ2v) is 11.1. The van der Waals surface area contributed by atoms with E-state index in [1.165, 1.54) is 4.31 Å². The molecule has 0 radical (unpaired) electrons.